The van der Waals surface area contributed by atoms with Crippen LogP contribution in [0.1, 0.15) is 23.2 Å². The van der Waals surface area contributed by atoms with Crippen LogP contribution in [0.4, 0.5) is 10.5 Å². The first-order chi connectivity index (χ1) is 8.72. The van der Waals surface area contributed by atoms with Crippen molar-refractivity contribution in [1.29, 1.82) is 0 Å². The fourth-order valence-corrected chi connectivity index (χ4v) is 1.55. The highest BCUT2D eigenvalue weighted by Gasteiger charge is 2.32. The summed E-state index contributed by atoms with van der Waals surface area (Å²) in [7, 11) is 0. The Morgan fingerprint density at radius 3 is 3.00 bits per heavy atom. The minimum Gasteiger partial charge on any atom is -0.445 e. The first kappa shape index (κ1) is 12.3. The van der Waals surface area contributed by atoms with Crippen LogP contribution in [-0.2, 0) is 4.74 Å². The van der Waals surface area contributed by atoms with E-state index in [0.29, 0.717) is 11.3 Å². The number of rotatable bonds is 5. The van der Waals surface area contributed by atoms with Crippen LogP contribution in [-0.4, -0.2) is 23.5 Å². The highest BCUT2D eigenvalue weighted by molar-refractivity contribution is 6.05. The van der Waals surface area contributed by atoms with Gasteiger partial charge in [-0.2, -0.15) is 0 Å². The average Bonchev–Trinajstić information content (AvgIpc) is 3.20. The van der Waals surface area contributed by atoms with Gasteiger partial charge < -0.3 is 4.74 Å². The zero-order valence-electron chi connectivity index (χ0n) is 9.89. The number of Topliss-reactive ketones (excluding diaryl/α,β-unsaturated/α-hetero) is 1. The van der Waals surface area contributed by atoms with Gasteiger partial charge in [0.15, 0.2) is 5.78 Å². The molecule has 0 aliphatic heterocycles. The van der Waals surface area contributed by atoms with E-state index in [1.165, 1.54) is 18.5 Å². The Morgan fingerprint density at radius 2 is 2.33 bits per heavy atom. The van der Waals surface area contributed by atoms with Crippen LogP contribution in [0.5, 0.6) is 0 Å². The van der Waals surface area contributed by atoms with E-state index in [1.54, 1.807) is 6.07 Å². The number of amides is 1. The lowest BCUT2D eigenvalue weighted by atomic mass is 10.1. The molecule has 1 aliphatic rings. The molecule has 0 spiro atoms. The Balaban J connectivity index is 2.09. The molecule has 1 aromatic heterocycles. The molecule has 0 aromatic carbocycles. The van der Waals surface area contributed by atoms with Gasteiger partial charge >= 0.3 is 6.09 Å². The quantitative estimate of drug-likeness (QED) is 0.640. The van der Waals surface area contributed by atoms with Crippen LogP contribution < -0.4 is 5.32 Å². The number of hydrogen-bond donors (Lipinski definition) is 1. The standard InChI is InChI=1S/C13H14N2O3/c1-2-7-18-13(17)15-11-5-6-14-8-10(11)12(16)9-3-4-9/h2,5-6,8-9H,1,3-4,7H2,(H,14,15,17). The average molecular weight is 246 g/mol. The Hall–Kier alpha value is -2.17. The van der Waals surface area contributed by atoms with Gasteiger partial charge in [-0.1, -0.05) is 12.7 Å². The summed E-state index contributed by atoms with van der Waals surface area (Å²) in [6.45, 7) is 3.58. The number of anilines is 1. The van der Waals surface area contributed by atoms with Crippen LogP contribution in [0.25, 0.3) is 0 Å². The van der Waals surface area contributed by atoms with Crippen molar-refractivity contribution < 1.29 is 14.3 Å². The summed E-state index contributed by atoms with van der Waals surface area (Å²) in [4.78, 5) is 27.3. The summed E-state index contributed by atoms with van der Waals surface area (Å²) in [5, 5.41) is 2.54. The van der Waals surface area contributed by atoms with Gasteiger partial charge in [-0.25, -0.2) is 4.79 Å². The van der Waals surface area contributed by atoms with Crippen LogP contribution in [0.15, 0.2) is 31.1 Å². The fourth-order valence-electron chi connectivity index (χ4n) is 1.55. The summed E-state index contributed by atoms with van der Waals surface area (Å²) in [6.07, 6.45) is 5.69. The summed E-state index contributed by atoms with van der Waals surface area (Å²) in [5.41, 5.74) is 0.881. The van der Waals surface area contributed by atoms with Gasteiger partial charge in [0.1, 0.15) is 6.61 Å². The van der Waals surface area contributed by atoms with Crippen molar-refractivity contribution in [3.8, 4) is 0 Å². The lowest BCUT2D eigenvalue weighted by molar-refractivity contribution is 0.0968. The second-order valence-corrected chi connectivity index (χ2v) is 4.07. The number of hydrogen-bond acceptors (Lipinski definition) is 4. The molecule has 1 aliphatic carbocycles. The van der Waals surface area contributed by atoms with Crippen LogP contribution >= 0.6 is 0 Å². The van der Waals surface area contributed by atoms with Gasteiger partial charge in [0, 0.05) is 18.3 Å². The number of carbonyl (C=O) groups is 2. The maximum absolute atomic E-state index is 12.0. The van der Waals surface area contributed by atoms with Crippen molar-refractivity contribution >= 4 is 17.6 Å². The van der Waals surface area contributed by atoms with Gasteiger partial charge in [-0.15, -0.1) is 0 Å². The molecular formula is C13H14N2O3. The van der Waals surface area contributed by atoms with Gasteiger partial charge in [0.05, 0.1) is 11.3 Å². The molecule has 0 saturated heterocycles. The Kier molecular flexibility index (Phi) is 3.72. The SMILES string of the molecule is C=CCOC(=O)Nc1ccncc1C(=O)C1CC1. The highest BCUT2D eigenvalue weighted by Crippen LogP contribution is 2.34. The topological polar surface area (TPSA) is 68.3 Å². The molecule has 1 heterocycles. The molecule has 0 bridgehead atoms. The van der Waals surface area contributed by atoms with Gasteiger partial charge in [0.25, 0.3) is 0 Å². The third-order valence-corrected chi connectivity index (χ3v) is 2.60. The minimum absolute atomic E-state index is 0.0297. The molecule has 2 rings (SSSR count). The maximum Gasteiger partial charge on any atom is 0.411 e. The number of nitrogens with one attached hydrogen (secondary N) is 1. The predicted molar refractivity (Wildman–Crippen MR) is 66.5 cm³/mol. The van der Waals surface area contributed by atoms with E-state index < -0.39 is 6.09 Å². The number of aromatic nitrogens is 1. The fraction of sp³-hybridized carbons (Fsp3) is 0.308. The largest absolute Gasteiger partial charge is 0.445 e. The molecular weight excluding hydrogens is 232 g/mol. The normalized spacial score (nSPS) is 13.8. The molecule has 0 atom stereocenters. The second-order valence-electron chi connectivity index (χ2n) is 4.07. The summed E-state index contributed by atoms with van der Waals surface area (Å²) < 4.78 is 4.81. The van der Waals surface area contributed by atoms with Gasteiger partial charge in [0.2, 0.25) is 0 Å². The van der Waals surface area contributed by atoms with E-state index in [9.17, 15) is 9.59 Å². The smallest absolute Gasteiger partial charge is 0.411 e. The molecule has 0 unspecified atom stereocenters. The summed E-state index contributed by atoms with van der Waals surface area (Å²) in [5.74, 6) is 0.112. The van der Waals surface area contributed by atoms with Crippen molar-refractivity contribution in [2.45, 2.75) is 12.8 Å². The van der Waals surface area contributed by atoms with Gasteiger partial charge in [-0.3, -0.25) is 15.1 Å². The summed E-state index contributed by atoms with van der Waals surface area (Å²) >= 11 is 0. The van der Waals surface area contributed by atoms with Gasteiger partial charge in [-0.05, 0) is 18.9 Å². The number of ether oxygens (including phenoxy) is 1. The third kappa shape index (κ3) is 2.94. The Morgan fingerprint density at radius 1 is 1.56 bits per heavy atom. The number of carbonyl (C=O) groups excluding carboxylic acids is 2. The van der Waals surface area contributed by atoms with E-state index in [-0.39, 0.29) is 18.3 Å². The van der Waals surface area contributed by atoms with Crippen LogP contribution in [0.3, 0.4) is 0 Å². The third-order valence-electron chi connectivity index (χ3n) is 2.60. The maximum atomic E-state index is 12.0. The molecule has 1 amide bonds. The molecule has 18 heavy (non-hydrogen) atoms. The zero-order chi connectivity index (χ0) is 13.0. The van der Waals surface area contributed by atoms with Crippen molar-refractivity contribution in [3.63, 3.8) is 0 Å². The highest BCUT2D eigenvalue weighted by atomic mass is 16.5. The van der Waals surface area contributed by atoms with E-state index in [0.717, 1.165) is 12.8 Å². The monoisotopic (exact) mass is 246 g/mol. The first-order valence-corrected chi connectivity index (χ1v) is 5.75. The predicted octanol–water partition coefficient (Wildman–Crippen LogP) is 2.41. The van der Waals surface area contributed by atoms with Crippen LogP contribution in [0, 0.1) is 5.92 Å². The lowest BCUT2D eigenvalue weighted by Crippen LogP contribution is -2.16. The minimum atomic E-state index is -0.606. The van der Waals surface area contributed by atoms with E-state index in [4.69, 9.17) is 4.74 Å². The number of ketones is 1. The lowest BCUT2D eigenvalue weighted by Gasteiger charge is -2.09. The van der Waals surface area contributed by atoms with E-state index in [1.807, 2.05) is 0 Å². The Bertz CT molecular complexity index is 481. The molecule has 5 nitrogen and oxygen atoms in total. The second kappa shape index (κ2) is 5.44. The summed E-state index contributed by atoms with van der Waals surface area (Å²) in [6, 6.07) is 1.59. The van der Waals surface area contributed by atoms with Crippen LogP contribution in [0.2, 0.25) is 0 Å². The Labute approximate surface area is 105 Å². The van der Waals surface area contributed by atoms with Crippen molar-refractivity contribution in [2.24, 2.45) is 5.92 Å². The molecule has 0 radical (unpaired) electrons. The van der Waals surface area contributed by atoms with E-state index >= 15 is 0 Å². The molecule has 94 valence electrons. The molecule has 1 saturated carbocycles. The van der Waals surface area contributed by atoms with E-state index in [2.05, 4.69) is 16.9 Å². The molecule has 1 N–H and O–H groups in total. The van der Waals surface area contributed by atoms with Crippen molar-refractivity contribution in [3.05, 3.63) is 36.7 Å². The van der Waals surface area contributed by atoms with Crippen molar-refractivity contribution in [1.82, 2.24) is 4.98 Å². The molecule has 1 aromatic rings. The zero-order valence-corrected chi connectivity index (χ0v) is 9.89. The molecule has 5 heteroatoms. The van der Waals surface area contributed by atoms with Crippen molar-refractivity contribution in [2.75, 3.05) is 11.9 Å². The number of nitrogens with zero attached hydrogens (tertiary/aromatic N) is 1. The first-order valence-electron chi connectivity index (χ1n) is 5.75. The number of pyridine rings is 1. The molecule has 1 fully saturated rings.